The molecule has 1 saturated carbocycles. The third-order valence-corrected chi connectivity index (χ3v) is 7.30. The number of hydrogen-bond donors (Lipinski definition) is 1. The van der Waals surface area contributed by atoms with E-state index in [9.17, 15) is 17.6 Å². The summed E-state index contributed by atoms with van der Waals surface area (Å²) in [5.41, 5.74) is -0.437. The molecule has 1 aliphatic carbocycles. The predicted octanol–water partition coefficient (Wildman–Crippen LogP) is 1.38. The summed E-state index contributed by atoms with van der Waals surface area (Å²) in [4.78, 5) is 13.0. The van der Waals surface area contributed by atoms with Crippen LogP contribution in [-0.4, -0.2) is 53.7 Å². The zero-order chi connectivity index (χ0) is 20.8. The molecular formula is C17H20FN5O4S2. The van der Waals surface area contributed by atoms with Gasteiger partial charge in [-0.15, -0.1) is 10.2 Å². The second-order valence-corrected chi connectivity index (χ2v) is 9.88. The van der Waals surface area contributed by atoms with Crippen molar-refractivity contribution in [2.24, 2.45) is 0 Å². The molecule has 0 amide bonds. The summed E-state index contributed by atoms with van der Waals surface area (Å²) < 4.78 is 49.2. The molecule has 2 heterocycles. The van der Waals surface area contributed by atoms with E-state index < -0.39 is 22.2 Å². The van der Waals surface area contributed by atoms with Gasteiger partial charge in [0.05, 0.1) is 34.6 Å². The van der Waals surface area contributed by atoms with Gasteiger partial charge in [0.1, 0.15) is 11.7 Å². The highest BCUT2D eigenvalue weighted by Crippen LogP contribution is 2.37. The van der Waals surface area contributed by atoms with E-state index in [0.717, 1.165) is 0 Å². The van der Waals surface area contributed by atoms with Gasteiger partial charge in [0, 0.05) is 7.11 Å². The van der Waals surface area contributed by atoms with Crippen molar-refractivity contribution in [2.45, 2.75) is 36.7 Å². The largest absolute Gasteiger partial charge is 0.383 e. The van der Waals surface area contributed by atoms with Crippen LogP contribution in [0.4, 0.5) is 4.39 Å². The van der Waals surface area contributed by atoms with E-state index in [2.05, 4.69) is 14.9 Å². The fraction of sp³-hybridized carbons (Fsp3) is 0.471. The molecule has 3 aromatic rings. The lowest BCUT2D eigenvalue weighted by Gasteiger charge is -2.14. The number of nitrogens with zero attached hydrogens (tertiary/aromatic N) is 4. The molecule has 1 fully saturated rings. The minimum Gasteiger partial charge on any atom is -0.383 e. The summed E-state index contributed by atoms with van der Waals surface area (Å²) in [5.74, 6) is 0. The van der Waals surface area contributed by atoms with Gasteiger partial charge in [-0.2, -0.15) is 0 Å². The second-order valence-electron chi connectivity index (χ2n) is 7.04. The summed E-state index contributed by atoms with van der Waals surface area (Å²) in [6.45, 7) is 1.62. The Morgan fingerprint density at radius 1 is 1.31 bits per heavy atom. The van der Waals surface area contributed by atoms with Crippen molar-refractivity contribution >= 4 is 32.4 Å². The predicted molar refractivity (Wildman–Crippen MR) is 106 cm³/mol. The van der Waals surface area contributed by atoms with E-state index in [1.165, 1.54) is 39.7 Å². The molecule has 0 aliphatic heterocycles. The molecule has 0 saturated heterocycles. The van der Waals surface area contributed by atoms with Crippen LogP contribution in [0, 0.1) is 6.92 Å². The van der Waals surface area contributed by atoms with Crippen LogP contribution >= 0.6 is 11.3 Å². The van der Waals surface area contributed by atoms with Crippen molar-refractivity contribution in [3.63, 3.8) is 0 Å². The number of rotatable bonds is 8. The molecule has 29 heavy (non-hydrogen) atoms. The summed E-state index contributed by atoms with van der Waals surface area (Å²) in [5, 5.41) is 9.01. The number of benzene rings is 1. The first-order valence-corrected chi connectivity index (χ1v) is 11.2. The molecule has 9 nitrogen and oxygen atoms in total. The first-order valence-electron chi connectivity index (χ1n) is 8.95. The highest BCUT2D eigenvalue weighted by molar-refractivity contribution is 7.89. The average Bonchev–Trinajstić information content (AvgIpc) is 3.23. The van der Waals surface area contributed by atoms with Gasteiger partial charge in [-0.05, 0) is 38.0 Å². The van der Waals surface area contributed by atoms with Crippen molar-refractivity contribution in [3.05, 3.63) is 33.7 Å². The van der Waals surface area contributed by atoms with Gasteiger partial charge in [0.25, 0.3) is 0 Å². The molecule has 0 radical (unpaired) electrons. The Labute approximate surface area is 170 Å². The summed E-state index contributed by atoms with van der Waals surface area (Å²) in [6.07, 6.45) is 0.931. The summed E-state index contributed by atoms with van der Waals surface area (Å²) in [7, 11) is -2.41. The van der Waals surface area contributed by atoms with Gasteiger partial charge in [0.2, 0.25) is 15.2 Å². The van der Waals surface area contributed by atoms with Crippen LogP contribution in [0.5, 0.6) is 0 Å². The van der Waals surface area contributed by atoms with Crippen LogP contribution in [0.1, 0.15) is 17.8 Å². The normalized spacial score (nSPS) is 15.8. The number of ether oxygens (including phenoxy) is 1. The fourth-order valence-corrected chi connectivity index (χ4v) is 5.28. The second kappa shape index (κ2) is 7.27. The highest BCUT2D eigenvalue weighted by atomic mass is 32.2. The summed E-state index contributed by atoms with van der Waals surface area (Å²) >= 11 is 1.23. The minimum atomic E-state index is -3.95. The van der Waals surface area contributed by atoms with Crippen LogP contribution in [0.3, 0.4) is 0 Å². The lowest BCUT2D eigenvalue weighted by molar-refractivity contribution is 0.187. The number of halogens is 1. The Balaban J connectivity index is 1.88. The number of aryl methyl sites for hydroxylation is 1. The number of aromatic nitrogens is 4. The van der Waals surface area contributed by atoms with Crippen LogP contribution in [0.25, 0.3) is 16.2 Å². The van der Waals surface area contributed by atoms with E-state index in [1.54, 1.807) is 13.0 Å². The lowest BCUT2D eigenvalue weighted by Crippen LogP contribution is -2.38. The highest BCUT2D eigenvalue weighted by Gasteiger charge is 2.46. The van der Waals surface area contributed by atoms with Crippen LogP contribution in [-0.2, 0) is 21.3 Å². The fourth-order valence-electron chi connectivity index (χ4n) is 3.12. The molecule has 0 spiro atoms. The van der Waals surface area contributed by atoms with E-state index >= 15 is 0 Å². The van der Waals surface area contributed by atoms with Crippen LogP contribution < -0.4 is 10.4 Å². The van der Waals surface area contributed by atoms with Crippen molar-refractivity contribution in [1.29, 1.82) is 0 Å². The zero-order valence-electron chi connectivity index (χ0n) is 15.9. The Bertz CT molecular complexity index is 1230. The van der Waals surface area contributed by atoms with Gasteiger partial charge in [0.15, 0.2) is 0 Å². The Kier molecular flexibility index (Phi) is 5.05. The lowest BCUT2D eigenvalue weighted by atomic mass is 10.3. The molecule has 2 aromatic heterocycles. The molecule has 0 atom stereocenters. The third kappa shape index (κ3) is 3.61. The molecular weight excluding hydrogens is 421 g/mol. The Morgan fingerprint density at radius 2 is 2.07 bits per heavy atom. The standard InChI is InChI=1S/C17H20FN5O4S2/c1-11-19-20-15(28-11)23-14-9-12(29(25,26)21-17(10-18)5-6-17)3-4-13(14)22(16(23)24)7-8-27-2/h3-4,9,21H,5-8,10H2,1-2H3. The maximum absolute atomic E-state index is 13.2. The number of alkyl halides is 1. The van der Waals surface area contributed by atoms with Crippen LogP contribution in [0.2, 0.25) is 0 Å². The van der Waals surface area contributed by atoms with Crippen molar-refractivity contribution < 1.29 is 17.5 Å². The molecule has 1 aromatic carbocycles. The molecule has 1 N–H and O–H groups in total. The first-order chi connectivity index (χ1) is 13.8. The maximum Gasteiger partial charge on any atom is 0.335 e. The maximum atomic E-state index is 13.2. The van der Waals surface area contributed by atoms with Crippen molar-refractivity contribution in [2.75, 3.05) is 20.4 Å². The van der Waals surface area contributed by atoms with Gasteiger partial charge in [-0.1, -0.05) is 11.3 Å². The Morgan fingerprint density at radius 3 is 2.66 bits per heavy atom. The van der Waals surface area contributed by atoms with Crippen LogP contribution in [0.15, 0.2) is 27.9 Å². The molecule has 0 bridgehead atoms. The SMILES string of the molecule is COCCn1c(=O)n(-c2nnc(C)s2)c2cc(S(=O)(=O)NC3(CF)CC3)ccc21. The molecule has 12 heteroatoms. The van der Waals surface area contributed by atoms with Crippen molar-refractivity contribution in [3.8, 4) is 5.13 Å². The number of fused-ring (bicyclic) bond motifs is 1. The molecule has 4 rings (SSSR count). The average molecular weight is 442 g/mol. The van der Waals surface area contributed by atoms with Gasteiger partial charge >= 0.3 is 5.69 Å². The number of hydrogen-bond acceptors (Lipinski definition) is 7. The number of nitrogens with one attached hydrogen (secondary N) is 1. The topological polar surface area (TPSA) is 108 Å². The smallest absolute Gasteiger partial charge is 0.335 e. The monoisotopic (exact) mass is 441 g/mol. The first kappa shape index (κ1) is 20.1. The van der Waals surface area contributed by atoms with Gasteiger partial charge in [-0.3, -0.25) is 4.57 Å². The minimum absolute atomic E-state index is 0.0383. The molecule has 156 valence electrons. The number of sulfonamides is 1. The van der Waals surface area contributed by atoms with E-state index in [-0.39, 0.29) is 10.6 Å². The number of methoxy groups -OCH3 is 1. The molecule has 1 aliphatic rings. The summed E-state index contributed by atoms with van der Waals surface area (Å²) in [6, 6.07) is 4.39. The third-order valence-electron chi connectivity index (χ3n) is 4.90. The van der Waals surface area contributed by atoms with Gasteiger partial charge < -0.3 is 4.74 Å². The van der Waals surface area contributed by atoms with Crippen molar-refractivity contribution in [1.82, 2.24) is 24.1 Å². The van der Waals surface area contributed by atoms with E-state index in [4.69, 9.17) is 4.74 Å². The molecule has 0 unspecified atom stereocenters. The Hall–Kier alpha value is -2.15. The quantitative estimate of drug-likeness (QED) is 0.566. The van der Waals surface area contributed by atoms with E-state index in [1.807, 2.05) is 0 Å². The van der Waals surface area contributed by atoms with Gasteiger partial charge in [-0.25, -0.2) is 26.9 Å². The number of imidazole rings is 1. The van der Waals surface area contributed by atoms with E-state index in [0.29, 0.717) is 47.2 Å². The zero-order valence-corrected chi connectivity index (χ0v) is 17.5.